The lowest BCUT2D eigenvalue weighted by Crippen LogP contribution is -2.14. The van der Waals surface area contributed by atoms with E-state index in [0.717, 1.165) is 5.56 Å². The molecule has 0 aliphatic rings. The molecule has 0 spiro atoms. The maximum atomic E-state index is 12.2. The summed E-state index contributed by atoms with van der Waals surface area (Å²) in [4.78, 5) is 23.2. The molecule has 0 heterocycles. The van der Waals surface area contributed by atoms with Crippen molar-refractivity contribution in [2.24, 2.45) is 0 Å². The summed E-state index contributed by atoms with van der Waals surface area (Å²) in [6, 6.07) is 12.5. The number of allylic oxidation sites excluding steroid dienone is 1. The average molecular weight is 342 g/mol. The first kappa shape index (κ1) is 17.7. The fourth-order valence-electron chi connectivity index (χ4n) is 2.10. The van der Waals surface area contributed by atoms with Gasteiger partial charge in [0.15, 0.2) is 5.78 Å². The standard InChI is InChI=1S/C19H16ClNO3/c1-13-4-2-3-5-16(13)18(22)10-9-15-8-6-14(12-17(15)20)7-11-19(23)21-24/h2-12,24H,1H3,(H,21,23)/b10-9+,11-7+. The summed E-state index contributed by atoms with van der Waals surface area (Å²) in [5, 5.41) is 8.88. The molecule has 24 heavy (non-hydrogen) atoms. The summed E-state index contributed by atoms with van der Waals surface area (Å²) in [6.45, 7) is 1.89. The van der Waals surface area contributed by atoms with Crippen molar-refractivity contribution in [2.75, 3.05) is 0 Å². The molecule has 0 fully saturated rings. The van der Waals surface area contributed by atoms with Crippen LogP contribution < -0.4 is 5.48 Å². The minimum absolute atomic E-state index is 0.0900. The first-order chi connectivity index (χ1) is 11.5. The van der Waals surface area contributed by atoms with Crippen molar-refractivity contribution in [3.63, 3.8) is 0 Å². The number of aryl methyl sites for hydroxylation is 1. The highest BCUT2D eigenvalue weighted by Crippen LogP contribution is 2.20. The summed E-state index contributed by atoms with van der Waals surface area (Å²) in [5.41, 5.74) is 4.47. The van der Waals surface area contributed by atoms with Crippen molar-refractivity contribution in [1.82, 2.24) is 5.48 Å². The maximum Gasteiger partial charge on any atom is 0.267 e. The van der Waals surface area contributed by atoms with Crippen LogP contribution in [0.1, 0.15) is 27.0 Å². The van der Waals surface area contributed by atoms with E-state index in [0.29, 0.717) is 21.7 Å². The normalized spacial score (nSPS) is 11.1. The first-order valence-corrected chi connectivity index (χ1v) is 7.59. The van der Waals surface area contributed by atoms with Gasteiger partial charge in [-0.05, 0) is 47.9 Å². The van der Waals surface area contributed by atoms with Crippen LogP contribution in [0, 0.1) is 6.92 Å². The smallest absolute Gasteiger partial charge is 0.267 e. The van der Waals surface area contributed by atoms with Gasteiger partial charge in [0.2, 0.25) is 0 Å². The number of carbonyl (C=O) groups excluding carboxylic acids is 2. The average Bonchev–Trinajstić information content (AvgIpc) is 2.58. The summed E-state index contributed by atoms with van der Waals surface area (Å²) in [6.07, 6.45) is 5.84. The van der Waals surface area contributed by atoms with E-state index < -0.39 is 5.91 Å². The summed E-state index contributed by atoms with van der Waals surface area (Å²) in [7, 11) is 0. The predicted molar refractivity (Wildman–Crippen MR) is 95.0 cm³/mol. The first-order valence-electron chi connectivity index (χ1n) is 7.21. The second kappa shape index (κ2) is 8.24. The lowest BCUT2D eigenvalue weighted by molar-refractivity contribution is -0.124. The van der Waals surface area contributed by atoms with Crippen LogP contribution in [-0.4, -0.2) is 16.9 Å². The number of halogens is 1. The van der Waals surface area contributed by atoms with Crippen molar-refractivity contribution in [1.29, 1.82) is 0 Å². The van der Waals surface area contributed by atoms with E-state index in [1.54, 1.807) is 30.3 Å². The maximum absolute atomic E-state index is 12.2. The molecule has 2 N–H and O–H groups in total. The van der Waals surface area contributed by atoms with Gasteiger partial charge >= 0.3 is 0 Å². The van der Waals surface area contributed by atoms with Gasteiger partial charge < -0.3 is 0 Å². The minimum atomic E-state index is -0.626. The number of rotatable bonds is 5. The molecule has 0 radical (unpaired) electrons. The Labute approximate surface area is 145 Å². The molecule has 2 aromatic rings. The Kier molecular flexibility index (Phi) is 6.07. The van der Waals surface area contributed by atoms with E-state index in [-0.39, 0.29) is 5.78 Å². The molecule has 1 amide bonds. The van der Waals surface area contributed by atoms with Crippen LogP contribution in [0.5, 0.6) is 0 Å². The SMILES string of the molecule is Cc1ccccc1C(=O)/C=C/c1ccc(/C=C/C(=O)NO)cc1Cl. The molecule has 0 atom stereocenters. The van der Waals surface area contributed by atoms with E-state index in [9.17, 15) is 9.59 Å². The van der Waals surface area contributed by atoms with Gasteiger partial charge in [0.25, 0.3) is 5.91 Å². The zero-order valence-electron chi connectivity index (χ0n) is 13.0. The molecule has 2 aromatic carbocycles. The number of amides is 1. The van der Waals surface area contributed by atoms with E-state index in [1.807, 2.05) is 25.1 Å². The second-order valence-electron chi connectivity index (χ2n) is 5.10. The molecular formula is C19H16ClNO3. The van der Waals surface area contributed by atoms with Crippen LogP contribution in [0.15, 0.2) is 54.6 Å². The second-order valence-corrected chi connectivity index (χ2v) is 5.51. The van der Waals surface area contributed by atoms with Crippen LogP contribution in [0.4, 0.5) is 0 Å². The number of nitrogens with one attached hydrogen (secondary N) is 1. The zero-order chi connectivity index (χ0) is 17.5. The van der Waals surface area contributed by atoms with Crippen molar-refractivity contribution < 1.29 is 14.8 Å². The molecule has 5 heteroatoms. The third-order valence-electron chi connectivity index (χ3n) is 3.39. The van der Waals surface area contributed by atoms with Gasteiger partial charge in [-0.25, -0.2) is 5.48 Å². The number of carbonyl (C=O) groups is 2. The molecule has 122 valence electrons. The van der Waals surface area contributed by atoms with Crippen LogP contribution in [-0.2, 0) is 4.79 Å². The van der Waals surface area contributed by atoms with Crippen molar-refractivity contribution in [2.45, 2.75) is 6.92 Å². The van der Waals surface area contributed by atoms with Gasteiger partial charge in [0, 0.05) is 16.7 Å². The Morgan fingerprint density at radius 3 is 2.50 bits per heavy atom. The van der Waals surface area contributed by atoms with E-state index in [4.69, 9.17) is 16.8 Å². The molecule has 0 saturated carbocycles. The lowest BCUT2D eigenvalue weighted by atomic mass is 10.0. The fraction of sp³-hybridized carbons (Fsp3) is 0.0526. The van der Waals surface area contributed by atoms with E-state index in [2.05, 4.69) is 0 Å². The molecule has 0 aliphatic heterocycles. The molecular weight excluding hydrogens is 326 g/mol. The highest BCUT2D eigenvalue weighted by atomic mass is 35.5. The zero-order valence-corrected chi connectivity index (χ0v) is 13.7. The Morgan fingerprint density at radius 1 is 1.08 bits per heavy atom. The van der Waals surface area contributed by atoms with Crippen molar-refractivity contribution in [3.8, 4) is 0 Å². The van der Waals surface area contributed by atoms with Gasteiger partial charge in [-0.1, -0.05) is 48.0 Å². The Balaban J connectivity index is 2.16. The number of hydrogen-bond donors (Lipinski definition) is 2. The van der Waals surface area contributed by atoms with E-state index in [1.165, 1.54) is 23.7 Å². The van der Waals surface area contributed by atoms with Crippen molar-refractivity contribution in [3.05, 3.63) is 81.9 Å². The number of hydrogen-bond acceptors (Lipinski definition) is 3. The Morgan fingerprint density at radius 2 is 1.83 bits per heavy atom. The summed E-state index contributed by atoms with van der Waals surface area (Å²) in [5.74, 6) is -0.716. The van der Waals surface area contributed by atoms with Gasteiger partial charge in [-0.2, -0.15) is 0 Å². The molecule has 0 saturated heterocycles. The van der Waals surface area contributed by atoms with Gasteiger partial charge in [0.05, 0.1) is 0 Å². The van der Waals surface area contributed by atoms with Gasteiger partial charge in [-0.3, -0.25) is 14.8 Å². The molecule has 0 bridgehead atoms. The number of ketones is 1. The molecule has 4 nitrogen and oxygen atoms in total. The van der Waals surface area contributed by atoms with Gasteiger partial charge in [-0.15, -0.1) is 0 Å². The van der Waals surface area contributed by atoms with Crippen LogP contribution in [0.2, 0.25) is 5.02 Å². The number of hydroxylamine groups is 1. The van der Waals surface area contributed by atoms with Crippen LogP contribution >= 0.6 is 11.6 Å². The molecule has 0 aliphatic carbocycles. The van der Waals surface area contributed by atoms with Crippen LogP contribution in [0.25, 0.3) is 12.2 Å². The lowest BCUT2D eigenvalue weighted by Gasteiger charge is -2.02. The molecule has 0 aromatic heterocycles. The summed E-state index contributed by atoms with van der Waals surface area (Å²) >= 11 is 6.19. The third-order valence-corrected chi connectivity index (χ3v) is 3.71. The highest BCUT2D eigenvalue weighted by Gasteiger charge is 2.05. The fourth-order valence-corrected chi connectivity index (χ4v) is 2.35. The molecule has 0 unspecified atom stereocenters. The minimum Gasteiger partial charge on any atom is -0.289 e. The topological polar surface area (TPSA) is 66.4 Å². The quantitative estimate of drug-likeness (QED) is 0.373. The Bertz CT molecular complexity index is 825. The largest absolute Gasteiger partial charge is 0.289 e. The van der Waals surface area contributed by atoms with Crippen LogP contribution in [0.3, 0.4) is 0 Å². The highest BCUT2D eigenvalue weighted by molar-refractivity contribution is 6.32. The number of benzene rings is 2. The third kappa shape index (κ3) is 4.65. The van der Waals surface area contributed by atoms with Crippen molar-refractivity contribution >= 4 is 35.4 Å². The predicted octanol–water partition coefficient (Wildman–Crippen LogP) is 4.06. The van der Waals surface area contributed by atoms with Gasteiger partial charge in [0.1, 0.15) is 0 Å². The summed E-state index contributed by atoms with van der Waals surface area (Å²) < 4.78 is 0. The monoisotopic (exact) mass is 341 g/mol. The Hall–Kier alpha value is -2.69. The molecule has 2 rings (SSSR count). The van der Waals surface area contributed by atoms with E-state index >= 15 is 0 Å².